The number of benzene rings is 1. The molecule has 0 aliphatic carbocycles. The van der Waals surface area contributed by atoms with Crippen LogP contribution in [0.3, 0.4) is 0 Å². The van der Waals surface area contributed by atoms with E-state index in [-0.39, 0.29) is 0 Å². The topological polar surface area (TPSA) is 12.0 Å². The number of aryl methyl sites for hydroxylation is 1. The minimum atomic E-state index is 0.751. The summed E-state index contributed by atoms with van der Waals surface area (Å²) in [5.41, 5.74) is 1.17. The van der Waals surface area contributed by atoms with Crippen LogP contribution in [0.25, 0.3) is 0 Å². The Morgan fingerprint density at radius 2 is 2.23 bits per heavy atom. The summed E-state index contributed by atoms with van der Waals surface area (Å²) in [4.78, 5) is 1.33. The van der Waals surface area contributed by atoms with E-state index >= 15 is 0 Å². The van der Waals surface area contributed by atoms with Gasteiger partial charge in [-0.1, -0.05) is 11.6 Å². The fourth-order valence-corrected chi connectivity index (χ4v) is 2.52. The Bertz CT molecular complexity index is 310. The van der Waals surface area contributed by atoms with Gasteiger partial charge < -0.3 is 5.32 Å². The van der Waals surface area contributed by atoms with Crippen molar-refractivity contribution in [2.24, 2.45) is 0 Å². The van der Waals surface area contributed by atoms with Crippen molar-refractivity contribution in [3.8, 4) is 0 Å². The Labute approximate surface area is 87.9 Å². The molecule has 1 nitrogen and oxygen atoms in total. The van der Waals surface area contributed by atoms with E-state index in [9.17, 15) is 0 Å². The average Bonchev–Trinajstić information content (AvgIpc) is 2.04. The Hall–Kier alpha value is -0.180. The maximum absolute atomic E-state index is 5.94. The van der Waals surface area contributed by atoms with Gasteiger partial charge in [-0.15, -0.1) is 11.8 Å². The van der Waals surface area contributed by atoms with Crippen molar-refractivity contribution in [1.82, 2.24) is 5.32 Å². The standard InChI is InChI=1S/C10H12ClNS/c1-7-4-8(2-3-10(7)11)13-9-5-12-6-9/h2-4,9,12H,5-6H2,1H3. The lowest BCUT2D eigenvalue weighted by Gasteiger charge is -2.26. The van der Waals surface area contributed by atoms with Crippen molar-refractivity contribution in [1.29, 1.82) is 0 Å². The highest BCUT2D eigenvalue weighted by Gasteiger charge is 2.17. The first-order chi connectivity index (χ1) is 6.25. The van der Waals surface area contributed by atoms with Gasteiger partial charge in [0.2, 0.25) is 0 Å². The maximum Gasteiger partial charge on any atom is 0.0435 e. The van der Waals surface area contributed by atoms with Crippen LogP contribution in [0.5, 0.6) is 0 Å². The van der Waals surface area contributed by atoms with E-state index in [0.29, 0.717) is 0 Å². The molecule has 13 heavy (non-hydrogen) atoms. The molecule has 1 aromatic carbocycles. The number of rotatable bonds is 2. The first-order valence-electron chi connectivity index (χ1n) is 4.39. The molecule has 3 heteroatoms. The molecule has 1 N–H and O–H groups in total. The van der Waals surface area contributed by atoms with E-state index in [2.05, 4.69) is 17.4 Å². The molecule has 0 spiro atoms. The fraction of sp³-hybridized carbons (Fsp3) is 0.400. The molecule has 0 saturated carbocycles. The smallest absolute Gasteiger partial charge is 0.0435 e. The predicted octanol–water partition coefficient (Wildman–Crippen LogP) is 2.71. The van der Waals surface area contributed by atoms with Crippen LogP contribution in [-0.2, 0) is 0 Å². The molecular weight excluding hydrogens is 202 g/mol. The molecule has 1 fully saturated rings. The lowest BCUT2D eigenvalue weighted by atomic mass is 10.2. The van der Waals surface area contributed by atoms with E-state index in [1.807, 2.05) is 24.8 Å². The number of nitrogens with one attached hydrogen (secondary N) is 1. The van der Waals surface area contributed by atoms with Gasteiger partial charge in [0.1, 0.15) is 0 Å². The number of hydrogen-bond donors (Lipinski definition) is 1. The third-order valence-corrected chi connectivity index (χ3v) is 3.79. The summed E-state index contributed by atoms with van der Waals surface area (Å²) in [6.07, 6.45) is 0. The van der Waals surface area contributed by atoms with Crippen molar-refractivity contribution < 1.29 is 0 Å². The summed E-state index contributed by atoms with van der Waals surface area (Å²) >= 11 is 7.88. The third kappa shape index (κ3) is 2.19. The van der Waals surface area contributed by atoms with E-state index in [1.54, 1.807) is 0 Å². The summed E-state index contributed by atoms with van der Waals surface area (Å²) < 4.78 is 0. The van der Waals surface area contributed by atoms with Crippen molar-refractivity contribution in [3.05, 3.63) is 28.8 Å². The van der Waals surface area contributed by atoms with E-state index < -0.39 is 0 Å². The molecule has 70 valence electrons. The molecule has 0 unspecified atom stereocenters. The fourth-order valence-electron chi connectivity index (χ4n) is 1.23. The van der Waals surface area contributed by atoms with E-state index in [1.165, 1.54) is 10.5 Å². The van der Waals surface area contributed by atoms with Crippen LogP contribution in [-0.4, -0.2) is 18.3 Å². The third-order valence-electron chi connectivity index (χ3n) is 2.18. The highest BCUT2D eigenvalue weighted by atomic mass is 35.5. The van der Waals surface area contributed by atoms with Crippen LogP contribution in [0.2, 0.25) is 5.02 Å². The molecule has 2 rings (SSSR count). The highest BCUT2D eigenvalue weighted by molar-refractivity contribution is 8.00. The van der Waals surface area contributed by atoms with Gasteiger partial charge in [-0.25, -0.2) is 0 Å². The van der Waals surface area contributed by atoms with Gasteiger partial charge in [0.25, 0.3) is 0 Å². The lowest BCUT2D eigenvalue weighted by Crippen LogP contribution is -2.44. The van der Waals surface area contributed by atoms with E-state index in [4.69, 9.17) is 11.6 Å². The van der Waals surface area contributed by atoms with Crippen LogP contribution in [0.4, 0.5) is 0 Å². The second-order valence-corrected chi connectivity index (χ2v) is 5.09. The Morgan fingerprint density at radius 1 is 1.46 bits per heavy atom. The molecule has 1 aliphatic rings. The molecule has 1 aliphatic heterocycles. The van der Waals surface area contributed by atoms with E-state index in [0.717, 1.165) is 23.4 Å². The predicted molar refractivity (Wildman–Crippen MR) is 58.7 cm³/mol. The minimum Gasteiger partial charge on any atom is -0.314 e. The monoisotopic (exact) mass is 213 g/mol. The van der Waals surface area contributed by atoms with Crippen molar-refractivity contribution >= 4 is 23.4 Å². The molecule has 1 heterocycles. The number of hydrogen-bond acceptors (Lipinski definition) is 2. The van der Waals surface area contributed by atoms with Gasteiger partial charge in [0.15, 0.2) is 0 Å². The Balaban J connectivity index is 2.07. The van der Waals surface area contributed by atoms with Crippen molar-refractivity contribution in [2.45, 2.75) is 17.1 Å². The van der Waals surface area contributed by atoms with Crippen LogP contribution >= 0.6 is 23.4 Å². The van der Waals surface area contributed by atoms with Crippen molar-refractivity contribution in [2.75, 3.05) is 13.1 Å². The summed E-state index contributed by atoms with van der Waals surface area (Å²) in [5.74, 6) is 0. The van der Waals surface area contributed by atoms with Crippen molar-refractivity contribution in [3.63, 3.8) is 0 Å². The molecule has 0 amide bonds. The summed E-state index contributed by atoms with van der Waals surface area (Å²) in [6, 6.07) is 6.23. The second kappa shape index (κ2) is 3.91. The highest BCUT2D eigenvalue weighted by Crippen LogP contribution is 2.28. The maximum atomic E-state index is 5.94. The minimum absolute atomic E-state index is 0.751. The summed E-state index contributed by atoms with van der Waals surface area (Å²) in [5, 5.41) is 4.87. The SMILES string of the molecule is Cc1cc(SC2CNC2)ccc1Cl. The average molecular weight is 214 g/mol. The Kier molecular flexibility index (Phi) is 2.82. The zero-order chi connectivity index (χ0) is 9.26. The zero-order valence-corrected chi connectivity index (χ0v) is 9.08. The van der Waals surface area contributed by atoms with Crippen LogP contribution in [0, 0.1) is 6.92 Å². The molecule has 0 radical (unpaired) electrons. The number of halogens is 1. The molecule has 0 aromatic heterocycles. The molecule has 1 aromatic rings. The van der Waals surface area contributed by atoms with Gasteiger partial charge in [0, 0.05) is 28.3 Å². The Morgan fingerprint density at radius 3 is 2.77 bits per heavy atom. The van der Waals surface area contributed by atoms with Crippen LogP contribution in [0.15, 0.2) is 23.1 Å². The second-order valence-electron chi connectivity index (χ2n) is 3.31. The van der Waals surface area contributed by atoms with Gasteiger partial charge in [-0.3, -0.25) is 0 Å². The lowest BCUT2D eigenvalue weighted by molar-refractivity contribution is 0.544. The molecular formula is C10H12ClNS. The molecule has 0 bridgehead atoms. The van der Waals surface area contributed by atoms with Gasteiger partial charge in [-0.05, 0) is 30.7 Å². The summed E-state index contributed by atoms with van der Waals surface area (Å²) in [7, 11) is 0. The van der Waals surface area contributed by atoms with Gasteiger partial charge in [-0.2, -0.15) is 0 Å². The van der Waals surface area contributed by atoms with Crippen LogP contribution < -0.4 is 5.32 Å². The molecule has 0 atom stereocenters. The quantitative estimate of drug-likeness (QED) is 0.811. The first-order valence-corrected chi connectivity index (χ1v) is 5.65. The zero-order valence-electron chi connectivity index (χ0n) is 7.51. The summed E-state index contributed by atoms with van der Waals surface area (Å²) in [6.45, 7) is 4.31. The number of thioether (sulfide) groups is 1. The largest absolute Gasteiger partial charge is 0.314 e. The van der Waals surface area contributed by atoms with Gasteiger partial charge >= 0.3 is 0 Å². The first kappa shape index (κ1) is 9.38. The van der Waals surface area contributed by atoms with Crippen LogP contribution in [0.1, 0.15) is 5.56 Å². The molecule has 1 saturated heterocycles. The normalized spacial score (nSPS) is 17.1. The van der Waals surface area contributed by atoms with Gasteiger partial charge in [0.05, 0.1) is 0 Å².